The number of para-hydroxylation sites is 2. The minimum atomic E-state index is -0.520. The van der Waals surface area contributed by atoms with Crippen LogP contribution in [0.5, 0.6) is 0 Å². The summed E-state index contributed by atoms with van der Waals surface area (Å²) in [4.78, 5) is 29.9. The highest BCUT2D eigenvalue weighted by Crippen LogP contribution is 2.32. The topological polar surface area (TPSA) is 93.3 Å². The molecule has 2 aromatic carbocycles. The van der Waals surface area contributed by atoms with Crippen LogP contribution in [-0.2, 0) is 0 Å². The molecule has 0 saturated carbocycles. The molecule has 0 aliphatic carbocycles. The van der Waals surface area contributed by atoms with Crippen LogP contribution in [0.25, 0.3) is 11.0 Å². The summed E-state index contributed by atoms with van der Waals surface area (Å²) in [7, 11) is 0. The fourth-order valence-electron chi connectivity index (χ4n) is 4.18. The van der Waals surface area contributed by atoms with Crippen LogP contribution in [0.3, 0.4) is 0 Å². The lowest BCUT2D eigenvalue weighted by Gasteiger charge is -2.33. The van der Waals surface area contributed by atoms with E-state index in [0.29, 0.717) is 18.8 Å². The van der Waals surface area contributed by atoms with Gasteiger partial charge in [-0.2, -0.15) is 0 Å². The molecule has 1 aliphatic rings. The van der Waals surface area contributed by atoms with E-state index in [1.54, 1.807) is 4.90 Å². The van der Waals surface area contributed by atoms with Gasteiger partial charge in [0, 0.05) is 37.2 Å². The predicted octanol–water partition coefficient (Wildman–Crippen LogP) is 5.59. The fourth-order valence-corrected chi connectivity index (χ4v) is 4.40. The van der Waals surface area contributed by atoms with E-state index in [1.165, 1.54) is 18.2 Å². The molecule has 1 aliphatic heterocycles. The van der Waals surface area contributed by atoms with Gasteiger partial charge in [0.05, 0.1) is 26.7 Å². The molecule has 0 radical (unpaired) electrons. The molecule has 9 heteroatoms. The molecule has 2 heterocycles. The maximum Gasteiger partial charge on any atom is 0.321 e. The first-order valence-electron chi connectivity index (χ1n) is 10.3. The second kappa shape index (κ2) is 8.55. The number of carbonyl (C=O) groups is 1. The van der Waals surface area contributed by atoms with Crippen LogP contribution in [0.4, 0.5) is 16.2 Å². The van der Waals surface area contributed by atoms with Gasteiger partial charge >= 0.3 is 6.03 Å². The van der Waals surface area contributed by atoms with Crippen molar-refractivity contribution < 1.29 is 9.72 Å². The third-order valence-corrected chi connectivity index (χ3v) is 5.93. The number of non-ortho nitro benzene ring substituents is 1. The molecule has 1 aromatic heterocycles. The van der Waals surface area contributed by atoms with Crippen molar-refractivity contribution in [2.24, 2.45) is 0 Å². The van der Waals surface area contributed by atoms with E-state index in [1.807, 2.05) is 18.2 Å². The molecule has 31 heavy (non-hydrogen) atoms. The third-order valence-electron chi connectivity index (χ3n) is 5.62. The minimum absolute atomic E-state index is 0.117. The van der Waals surface area contributed by atoms with E-state index in [2.05, 4.69) is 29.8 Å². The first kappa shape index (κ1) is 21.1. The predicted molar refractivity (Wildman–Crippen MR) is 121 cm³/mol. The average Bonchev–Trinajstić information content (AvgIpc) is 3.15. The second-order valence-electron chi connectivity index (χ2n) is 8.06. The van der Waals surface area contributed by atoms with Gasteiger partial charge in [0.2, 0.25) is 0 Å². The van der Waals surface area contributed by atoms with E-state index >= 15 is 0 Å². The van der Waals surface area contributed by atoms with E-state index < -0.39 is 4.92 Å². The lowest BCUT2D eigenvalue weighted by atomic mass is 9.97. The van der Waals surface area contributed by atoms with Gasteiger partial charge in [-0.15, -0.1) is 0 Å². The van der Waals surface area contributed by atoms with Crippen LogP contribution in [0, 0.1) is 10.1 Å². The Morgan fingerprint density at radius 2 is 2.06 bits per heavy atom. The molecule has 0 spiro atoms. The second-order valence-corrected chi connectivity index (χ2v) is 8.47. The van der Waals surface area contributed by atoms with Crippen molar-refractivity contribution in [1.82, 2.24) is 14.5 Å². The first-order chi connectivity index (χ1) is 14.8. The Bertz CT molecular complexity index is 1140. The number of aromatic nitrogens is 2. The van der Waals surface area contributed by atoms with E-state index in [4.69, 9.17) is 16.6 Å². The Hall–Kier alpha value is -3.13. The number of piperidine rings is 1. The lowest BCUT2D eigenvalue weighted by Crippen LogP contribution is -2.42. The number of likely N-dealkylation sites (tertiary alicyclic amines) is 1. The SMILES string of the molecule is CC(C)n1c(C2CCCN(C(=O)Nc3ccc([N+](=O)[O-])cc3Cl)C2)nc2ccccc21. The van der Waals surface area contributed by atoms with Gasteiger partial charge < -0.3 is 14.8 Å². The largest absolute Gasteiger partial charge is 0.325 e. The zero-order valence-corrected chi connectivity index (χ0v) is 18.2. The number of hydrogen-bond acceptors (Lipinski definition) is 4. The molecule has 162 valence electrons. The number of hydrogen-bond donors (Lipinski definition) is 1. The van der Waals surface area contributed by atoms with Crippen molar-refractivity contribution in [3.05, 3.63) is 63.4 Å². The molecule has 4 rings (SSSR count). The summed E-state index contributed by atoms with van der Waals surface area (Å²) in [6.45, 7) is 5.46. The van der Waals surface area contributed by atoms with Gasteiger partial charge in [0.1, 0.15) is 5.82 Å². The lowest BCUT2D eigenvalue weighted by molar-refractivity contribution is -0.384. The Balaban J connectivity index is 1.54. The molecule has 1 saturated heterocycles. The van der Waals surface area contributed by atoms with Gasteiger partial charge in [-0.25, -0.2) is 9.78 Å². The van der Waals surface area contributed by atoms with Crippen molar-refractivity contribution in [3.63, 3.8) is 0 Å². The highest BCUT2D eigenvalue weighted by molar-refractivity contribution is 6.33. The molecular weight excluding hydrogens is 418 g/mol. The molecule has 0 bridgehead atoms. The van der Waals surface area contributed by atoms with Crippen LogP contribution in [0.15, 0.2) is 42.5 Å². The zero-order valence-electron chi connectivity index (χ0n) is 17.4. The van der Waals surface area contributed by atoms with Crippen molar-refractivity contribution in [2.75, 3.05) is 18.4 Å². The number of fused-ring (bicyclic) bond motifs is 1. The summed E-state index contributed by atoms with van der Waals surface area (Å²) in [6.07, 6.45) is 1.82. The number of amides is 2. The average molecular weight is 442 g/mol. The van der Waals surface area contributed by atoms with Crippen LogP contribution < -0.4 is 5.32 Å². The smallest absolute Gasteiger partial charge is 0.321 e. The number of urea groups is 1. The van der Waals surface area contributed by atoms with Crippen LogP contribution in [-0.4, -0.2) is 38.5 Å². The van der Waals surface area contributed by atoms with Crippen LogP contribution in [0.2, 0.25) is 5.02 Å². The molecule has 1 unspecified atom stereocenters. The molecule has 1 atom stereocenters. The standard InChI is InChI=1S/C22H24ClN5O3/c1-14(2)27-20-8-4-3-7-19(20)24-21(27)15-6-5-11-26(13-15)22(29)25-18-10-9-16(28(30)31)12-17(18)23/h3-4,7-10,12,14-15H,5-6,11,13H2,1-2H3,(H,25,29). The molecule has 3 aromatic rings. The van der Waals surface area contributed by atoms with Gasteiger partial charge in [0.25, 0.3) is 5.69 Å². The fraction of sp³-hybridized carbons (Fsp3) is 0.364. The van der Waals surface area contributed by atoms with Gasteiger partial charge in [-0.1, -0.05) is 23.7 Å². The van der Waals surface area contributed by atoms with Gasteiger partial charge in [0.15, 0.2) is 0 Å². The summed E-state index contributed by atoms with van der Waals surface area (Å²) < 4.78 is 2.26. The van der Waals surface area contributed by atoms with E-state index in [0.717, 1.165) is 29.7 Å². The molecule has 1 N–H and O–H groups in total. The molecule has 8 nitrogen and oxygen atoms in total. The van der Waals surface area contributed by atoms with Gasteiger partial charge in [-0.3, -0.25) is 10.1 Å². The number of carbonyl (C=O) groups excluding carboxylic acids is 1. The number of imidazole rings is 1. The Kier molecular flexibility index (Phi) is 5.82. The maximum atomic E-state index is 12.9. The Morgan fingerprint density at radius 3 is 2.77 bits per heavy atom. The minimum Gasteiger partial charge on any atom is -0.325 e. The van der Waals surface area contributed by atoms with Crippen molar-refractivity contribution in [2.45, 2.75) is 38.6 Å². The Morgan fingerprint density at radius 1 is 1.29 bits per heavy atom. The quantitative estimate of drug-likeness (QED) is 0.421. The third kappa shape index (κ3) is 4.20. The Labute approximate surface area is 185 Å². The normalized spacial score (nSPS) is 16.6. The van der Waals surface area contributed by atoms with E-state index in [9.17, 15) is 14.9 Å². The molecular formula is C22H24ClN5O3. The van der Waals surface area contributed by atoms with Gasteiger partial charge in [-0.05, 0) is 44.9 Å². The summed E-state index contributed by atoms with van der Waals surface area (Å²) in [5, 5.41) is 13.8. The number of nitro benzene ring substituents is 1. The van der Waals surface area contributed by atoms with Crippen LogP contribution in [0.1, 0.15) is 44.5 Å². The zero-order chi connectivity index (χ0) is 22.1. The number of benzene rings is 2. The number of halogens is 1. The molecule has 1 fully saturated rings. The van der Waals surface area contributed by atoms with E-state index in [-0.39, 0.29) is 28.7 Å². The summed E-state index contributed by atoms with van der Waals surface area (Å²) in [6, 6.07) is 12.1. The molecule has 2 amide bonds. The summed E-state index contributed by atoms with van der Waals surface area (Å²) >= 11 is 6.13. The monoisotopic (exact) mass is 441 g/mol. The number of rotatable bonds is 4. The number of nitro groups is 1. The number of anilines is 1. The van der Waals surface area contributed by atoms with Crippen molar-refractivity contribution >= 4 is 40.0 Å². The maximum absolute atomic E-state index is 12.9. The summed E-state index contributed by atoms with van der Waals surface area (Å²) in [5.74, 6) is 1.13. The highest BCUT2D eigenvalue weighted by Gasteiger charge is 2.29. The van der Waals surface area contributed by atoms with Crippen molar-refractivity contribution in [1.29, 1.82) is 0 Å². The number of nitrogens with one attached hydrogen (secondary N) is 1. The summed E-state index contributed by atoms with van der Waals surface area (Å²) in [5.41, 5.74) is 2.31. The highest BCUT2D eigenvalue weighted by atomic mass is 35.5. The first-order valence-corrected chi connectivity index (χ1v) is 10.7. The number of nitrogens with zero attached hydrogens (tertiary/aromatic N) is 4. The van der Waals surface area contributed by atoms with Crippen molar-refractivity contribution in [3.8, 4) is 0 Å². The van der Waals surface area contributed by atoms with Crippen LogP contribution >= 0.6 is 11.6 Å².